The topological polar surface area (TPSA) is 129 Å². The van der Waals surface area contributed by atoms with Crippen LogP contribution < -0.4 is 9.46 Å². The summed E-state index contributed by atoms with van der Waals surface area (Å²) < 4.78 is 59.3. The molecule has 0 bridgehead atoms. The van der Waals surface area contributed by atoms with Gasteiger partial charge < -0.3 is 9.84 Å². The molecule has 0 atom stereocenters. The van der Waals surface area contributed by atoms with Gasteiger partial charge in [-0.2, -0.15) is 5.26 Å². The van der Waals surface area contributed by atoms with Gasteiger partial charge >= 0.3 is 0 Å². The second kappa shape index (κ2) is 10.3. The van der Waals surface area contributed by atoms with Crippen LogP contribution in [0.3, 0.4) is 0 Å². The minimum atomic E-state index is -4.10. The minimum Gasteiger partial charge on any atom is -0.483 e. The molecule has 0 amide bonds. The number of hydrogen-bond donors (Lipinski definition) is 2. The van der Waals surface area contributed by atoms with Crippen molar-refractivity contribution in [2.45, 2.75) is 4.90 Å². The summed E-state index contributed by atoms with van der Waals surface area (Å²) in [5.41, 5.74) is -0.144. The third-order valence-electron chi connectivity index (χ3n) is 3.48. The summed E-state index contributed by atoms with van der Waals surface area (Å²) in [5, 5.41) is 16.0. The van der Waals surface area contributed by atoms with E-state index in [1.54, 1.807) is 6.07 Å². The van der Waals surface area contributed by atoms with E-state index in [-0.39, 0.29) is 39.3 Å². The molecule has 0 radical (unpaired) electrons. The van der Waals surface area contributed by atoms with E-state index >= 15 is 0 Å². The van der Waals surface area contributed by atoms with Crippen LogP contribution >= 0.6 is 11.6 Å². The Morgan fingerprint density at radius 1 is 1.16 bits per heavy atom. The van der Waals surface area contributed by atoms with E-state index in [0.717, 1.165) is 24.4 Å². The highest BCUT2D eigenvalue weighted by Crippen LogP contribution is 2.31. The van der Waals surface area contributed by atoms with Gasteiger partial charge in [-0.25, -0.2) is 22.2 Å². The SMILES string of the molecule is N#Cc1cc(S(=O)(=O)Nc2ccc(F)cn2)ccc1Oc1cccc(Cl)c1F.O=CO. The maximum Gasteiger partial charge on any atom is 0.290 e. The number of nitrogens with one attached hydrogen (secondary N) is 1. The van der Waals surface area contributed by atoms with Crippen LogP contribution in [0.2, 0.25) is 5.02 Å². The lowest BCUT2D eigenvalue weighted by Gasteiger charge is -2.11. The van der Waals surface area contributed by atoms with Gasteiger partial charge in [-0.05, 0) is 42.5 Å². The van der Waals surface area contributed by atoms with E-state index in [1.165, 1.54) is 30.3 Å². The highest BCUT2D eigenvalue weighted by Gasteiger charge is 2.19. The Kier molecular flexibility index (Phi) is 7.84. The van der Waals surface area contributed by atoms with Crippen molar-refractivity contribution in [2.24, 2.45) is 0 Å². The molecule has 12 heteroatoms. The summed E-state index contributed by atoms with van der Waals surface area (Å²) in [7, 11) is -4.10. The number of rotatable bonds is 5. The first-order valence-electron chi connectivity index (χ1n) is 8.10. The van der Waals surface area contributed by atoms with Gasteiger partial charge in [0.2, 0.25) is 0 Å². The van der Waals surface area contributed by atoms with Crippen molar-refractivity contribution in [2.75, 3.05) is 4.72 Å². The van der Waals surface area contributed by atoms with Crippen molar-refractivity contribution in [3.63, 3.8) is 0 Å². The van der Waals surface area contributed by atoms with Gasteiger partial charge in [0.25, 0.3) is 16.5 Å². The van der Waals surface area contributed by atoms with Crippen LogP contribution in [0.25, 0.3) is 0 Å². The largest absolute Gasteiger partial charge is 0.483 e. The Morgan fingerprint density at radius 2 is 1.87 bits per heavy atom. The number of carboxylic acid groups (broad SMARTS) is 1. The van der Waals surface area contributed by atoms with Crippen LogP contribution in [-0.2, 0) is 14.8 Å². The molecule has 31 heavy (non-hydrogen) atoms. The van der Waals surface area contributed by atoms with E-state index in [2.05, 4.69) is 9.71 Å². The first kappa shape index (κ1) is 23.5. The van der Waals surface area contributed by atoms with Crippen LogP contribution in [0.1, 0.15) is 5.56 Å². The second-order valence-corrected chi connectivity index (χ2v) is 7.59. The number of hydrogen-bond acceptors (Lipinski definition) is 6. The molecule has 1 aromatic heterocycles. The number of aromatic nitrogens is 1. The van der Waals surface area contributed by atoms with Gasteiger partial charge in [-0.3, -0.25) is 9.52 Å². The summed E-state index contributed by atoms with van der Waals surface area (Å²) in [6.07, 6.45) is 0.856. The molecular weight excluding hydrogens is 456 g/mol. The predicted molar refractivity (Wildman–Crippen MR) is 106 cm³/mol. The van der Waals surface area contributed by atoms with Crippen molar-refractivity contribution >= 4 is 33.9 Å². The Hall–Kier alpha value is -3.75. The Morgan fingerprint density at radius 3 is 2.48 bits per heavy atom. The number of ether oxygens (including phenoxy) is 1. The Labute approximate surface area is 180 Å². The zero-order valence-corrected chi connectivity index (χ0v) is 16.9. The molecule has 0 aliphatic carbocycles. The van der Waals surface area contributed by atoms with Gasteiger partial charge in [0, 0.05) is 0 Å². The number of carbonyl (C=O) groups is 1. The van der Waals surface area contributed by atoms with Crippen molar-refractivity contribution in [3.05, 3.63) is 76.9 Å². The van der Waals surface area contributed by atoms with Crippen molar-refractivity contribution in [1.29, 1.82) is 5.26 Å². The maximum atomic E-state index is 14.0. The number of nitriles is 1. The van der Waals surface area contributed by atoms with E-state index in [9.17, 15) is 22.5 Å². The first-order valence-corrected chi connectivity index (χ1v) is 9.96. The standard InChI is InChI=1S/C18H10ClF2N3O3S.CH2O2/c19-14-2-1-3-16(18(14)21)27-15-6-5-13(8-11(15)9-22)28(25,26)24-17-7-4-12(20)10-23-17;2-1-3/h1-8,10H,(H,23,24);1H,(H,2,3). The quantitative estimate of drug-likeness (QED) is 0.538. The molecule has 3 aromatic rings. The van der Waals surface area contributed by atoms with Crippen LogP contribution in [0, 0.1) is 23.0 Å². The van der Waals surface area contributed by atoms with E-state index in [0.29, 0.717) is 0 Å². The molecule has 2 N–H and O–H groups in total. The number of benzene rings is 2. The summed E-state index contributed by atoms with van der Waals surface area (Å²) >= 11 is 5.69. The van der Waals surface area contributed by atoms with Crippen LogP contribution in [0.15, 0.2) is 59.6 Å². The van der Waals surface area contributed by atoms with Crippen LogP contribution in [0.4, 0.5) is 14.6 Å². The van der Waals surface area contributed by atoms with Gasteiger partial charge in [0.15, 0.2) is 11.6 Å². The molecule has 0 aliphatic rings. The minimum absolute atomic E-state index is 0.0532. The third kappa shape index (κ3) is 6.11. The number of halogens is 3. The molecule has 0 aliphatic heterocycles. The third-order valence-corrected chi connectivity index (χ3v) is 5.13. The second-order valence-electron chi connectivity index (χ2n) is 5.50. The van der Waals surface area contributed by atoms with Gasteiger partial charge in [0.05, 0.1) is 21.7 Å². The lowest BCUT2D eigenvalue weighted by Crippen LogP contribution is -2.14. The fourth-order valence-corrected chi connectivity index (χ4v) is 3.37. The van der Waals surface area contributed by atoms with Gasteiger partial charge in [-0.1, -0.05) is 17.7 Å². The summed E-state index contributed by atoms with van der Waals surface area (Å²) in [4.78, 5) is 11.7. The van der Waals surface area contributed by atoms with Gasteiger partial charge in [0.1, 0.15) is 23.5 Å². The van der Waals surface area contributed by atoms with Crippen molar-refractivity contribution in [1.82, 2.24) is 4.98 Å². The predicted octanol–water partition coefficient (Wildman–Crippen LogP) is 4.18. The summed E-state index contributed by atoms with van der Waals surface area (Å²) in [6.45, 7) is -0.250. The van der Waals surface area contributed by atoms with Gasteiger partial charge in [-0.15, -0.1) is 0 Å². The smallest absolute Gasteiger partial charge is 0.290 e. The highest BCUT2D eigenvalue weighted by molar-refractivity contribution is 7.92. The fourth-order valence-electron chi connectivity index (χ4n) is 2.17. The van der Waals surface area contributed by atoms with E-state index in [4.69, 9.17) is 26.2 Å². The highest BCUT2D eigenvalue weighted by atomic mass is 35.5. The molecule has 0 spiro atoms. The average Bonchev–Trinajstić information content (AvgIpc) is 2.73. The lowest BCUT2D eigenvalue weighted by atomic mass is 10.2. The van der Waals surface area contributed by atoms with Crippen LogP contribution in [0.5, 0.6) is 11.5 Å². The monoisotopic (exact) mass is 467 g/mol. The zero-order chi connectivity index (χ0) is 23.0. The molecule has 0 fully saturated rings. The Bertz CT molecular complexity index is 1230. The molecular formula is C19H12ClF2N3O5S. The molecule has 3 rings (SSSR count). The lowest BCUT2D eigenvalue weighted by molar-refractivity contribution is -0.122. The molecule has 0 saturated heterocycles. The molecule has 0 saturated carbocycles. The van der Waals surface area contributed by atoms with Crippen LogP contribution in [-0.4, -0.2) is 25.0 Å². The van der Waals surface area contributed by atoms with E-state index < -0.39 is 21.7 Å². The average molecular weight is 468 g/mol. The molecule has 2 aromatic carbocycles. The molecule has 160 valence electrons. The Balaban J connectivity index is 0.00000107. The molecule has 0 unspecified atom stereocenters. The summed E-state index contributed by atoms with van der Waals surface area (Å²) in [6, 6.07) is 11.5. The number of pyridine rings is 1. The molecule has 1 heterocycles. The number of anilines is 1. The maximum absolute atomic E-state index is 14.0. The zero-order valence-electron chi connectivity index (χ0n) is 15.3. The first-order chi connectivity index (χ1) is 14.7. The number of sulfonamides is 1. The number of nitrogens with zero attached hydrogens (tertiary/aromatic N) is 2. The van der Waals surface area contributed by atoms with Crippen molar-refractivity contribution < 1.29 is 31.8 Å². The molecule has 8 nitrogen and oxygen atoms in total. The van der Waals surface area contributed by atoms with Crippen molar-refractivity contribution in [3.8, 4) is 17.6 Å². The fraction of sp³-hybridized carbons (Fsp3) is 0. The van der Waals surface area contributed by atoms with E-state index in [1.807, 2.05) is 0 Å². The normalized spacial score (nSPS) is 10.3. The summed E-state index contributed by atoms with van der Waals surface area (Å²) in [5.74, 6) is -1.80.